The van der Waals surface area contributed by atoms with E-state index in [9.17, 15) is 4.39 Å². The lowest BCUT2D eigenvalue weighted by atomic mass is 10.2. The molecule has 1 aromatic heterocycles. The first kappa shape index (κ1) is 13.0. The molecule has 0 fully saturated rings. The lowest BCUT2D eigenvalue weighted by Gasteiger charge is -2.10. The molecule has 0 bridgehead atoms. The predicted octanol–water partition coefficient (Wildman–Crippen LogP) is 2.13. The van der Waals surface area contributed by atoms with Crippen LogP contribution in [0.2, 0.25) is 0 Å². The first-order valence-electron chi connectivity index (χ1n) is 5.83. The number of nitrogens with zero attached hydrogens (tertiary/aromatic N) is 1. The van der Waals surface area contributed by atoms with Crippen molar-refractivity contribution in [3.63, 3.8) is 0 Å². The number of hydrogen-bond donors (Lipinski definition) is 2. The first-order valence-corrected chi connectivity index (χ1v) is 5.83. The van der Waals surface area contributed by atoms with Crippen LogP contribution < -0.4 is 10.5 Å². The minimum atomic E-state index is -0.442. The van der Waals surface area contributed by atoms with E-state index in [1.807, 2.05) is 18.2 Å². The fraction of sp³-hybridized carbons (Fsp3) is 0.143. The molecule has 0 spiro atoms. The van der Waals surface area contributed by atoms with Gasteiger partial charge in [-0.05, 0) is 30.3 Å². The number of halogens is 1. The van der Waals surface area contributed by atoms with Gasteiger partial charge in [0.2, 0.25) is 0 Å². The number of nitrogens with two attached hydrogens (primary N) is 1. The summed E-state index contributed by atoms with van der Waals surface area (Å²) in [4.78, 5) is 4.17. The van der Waals surface area contributed by atoms with Gasteiger partial charge in [0, 0.05) is 18.3 Å². The standard InChI is InChI=1S/C14H14FN3O/c15-10-4-5-13(12(9-10)14(16)17)19-8-6-11-3-1-2-7-18-11/h1-5,7,9H,6,8H2,(H3,16,17). The minimum Gasteiger partial charge on any atom is -0.492 e. The molecule has 1 aromatic carbocycles. The third-order valence-electron chi connectivity index (χ3n) is 2.57. The van der Waals surface area contributed by atoms with Gasteiger partial charge in [0.25, 0.3) is 0 Å². The zero-order chi connectivity index (χ0) is 13.7. The molecule has 0 atom stereocenters. The molecule has 0 radical (unpaired) electrons. The van der Waals surface area contributed by atoms with Gasteiger partial charge in [-0.2, -0.15) is 0 Å². The average Bonchev–Trinajstić information content (AvgIpc) is 2.41. The SMILES string of the molecule is N=C(N)c1cc(F)ccc1OCCc1ccccn1. The molecule has 1 heterocycles. The van der Waals surface area contributed by atoms with Crippen LogP contribution in [-0.2, 0) is 6.42 Å². The van der Waals surface area contributed by atoms with Crippen molar-refractivity contribution in [3.05, 3.63) is 59.7 Å². The van der Waals surface area contributed by atoms with Gasteiger partial charge in [-0.15, -0.1) is 0 Å². The van der Waals surface area contributed by atoms with E-state index in [0.29, 0.717) is 18.8 Å². The van der Waals surface area contributed by atoms with Crippen LogP contribution in [0.4, 0.5) is 4.39 Å². The number of rotatable bonds is 5. The monoisotopic (exact) mass is 259 g/mol. The van der Waals surface area contributed by atoms with Crippen molar-refractivity contribution >= 4 is 5.84 Å². The Morgan fingerprint density at radius 2 is 2.16 bits per heavy atom. The molecule has 98 valence electrons. The average molecular weight is 259 g/mol. The first-order chi connectivity index (χ1) is 9.16. The molecule has 0 aliphatic heterocycles. The van der Waals surface area contributed by atoms with Crippen LogP contribution >= 0.6 is 0 Å². The molecular weight excluding hydrogens is 245 g/mol. The molecule has 4 nitrogen and oxygen atoms in total. The van der Waals surface area contributed by atoms with Crippen molar-refractivity contribution in [2.24, 2.45) is 5.73 Å². The van der Waals surface area contributed by atoms with E-state index < -0.39 is 5.82 Å². The number of ether oxygens (including phenoxy) is 1. The Morgan fingerprint density at radius 1 is 1.32 bits per heavy atom. The van der Waals surface area contributed by atoms with E-state index in [1.165, 1.54) is 18.2 Å². The lowest BCUT2D eigenvalue weighted by Crippen LogP contribution is -2.14. The number of nitrogen functional groups attached to an aromatic ring is 1. The smallest absolute Gasteiger partial charge is 0.130 e. The fourth-order valence-electron chi connectivity index (χ4n) is 1.65. The zero-order valence-corrected chi connectivity index (χ0v) is 10.3. The Labute approximate surface area is 110 Å². The summed E-state index contributed by atoms with van der Waals surface area (Å²) in [6.07, 6.45) is 2.35. The van der Waals surface area contributed by atoms with E-state index in [-0.39, 0.29) is 11.4 Å². The maximum Gasteiger partial charge on any atom is 0.130 e. The van der Waals surface area contributed by atoms with Gasteiger partial charge in [-0.25, -0.2) is 4.39 Å². The number of hydrogen-bond acceptors (Lipinski definition) is 3. The van der Waals surface area contributed by atoms with Gasteiger partial charge in [-0.1, -0.05) is 6.07 Å². The summed E-state index contributed by atoms with van der Waals surface area (Å²) in [5.41, 5.74) is 6.57. The van der Waals surface area contributed by atoms with Crippen LogP contribution in [0.5, 0.6) is 5.75 Å². The van der Waals surface area contributed by atoms with Crippen LogP contribution in [0.3, 0.4) is 0 Å². The molecule has 0 saturated heterocycles. The maximum absolute atomic E-state index is 13.1. The second-order valence-corrected chi connectivity index (χ2v) is 3.97. The third-order valence-corrected chi connectivity index (χ3v) is 2.57. The van der Waals surface area contributed by atoms with Gasteiger partial charge < -0.3 is 10.5 Å². The number of aromatic nitrogens is 1. The fourth-order valence-corrected chi connectivity index (χ4v) is 1.65. The highest BCUT2D eigenvalue weighted by atomic mass is 19.1. The van der Waals surface area contributed by atoms with Crippen LogP contribution in [0.1, 0.15) is 11.3 Å². The minimum absolute atomic E-state index is 0.215. The van der Waals surface area contributed by atoms with E-state index in [0.717, 1.165) is 5.69 Å². The molecule has 2 aromatic rings. The van der Waals surface area contributed by atoms with Crippen LogP contribution in [0.25, 0.3) is 0 Å². The molecule has 19 heavy (non-hydrogen) atoms. The highest BCUT2D eigenvalue weighted by molar-refractivity contribution is 5.97. The predicted molar refractivity (Wildman–Crippen MR) is 70.9 cm³/mol. The quantitative estimate of drug-likeness (QED) is 0.638. The van der Waals surface area contributed by atoms with Crippen molar-refractivity contribution in [1.29, 1.82) is 5.41 Å². The summed E-state index contributed by atoms with van der Waals surface area (Å²) < 4.78 is 18.6. The van der Waals surface area contributed by atoms with E-state index >= 15 is 0 Å². The van der Waals surface area contributed by atoms with Gasteiger partial charge in [0.15, 0.2) is 0 Å². The summed E-state index contributed by atoms with van der Waals surface area (Å²) in [5, 5.41) is 7.39. The molecule has 0 aliphatic rings. The number of pyridine rings is 1. The number of benzene rings is 1. The summed E-state index contributed by atoms with van der Waals surface area (Å²) >= 11 is 0. The summed E-state index contributed by atoms with van der Waals surface area (Å²) in [7, 11) is 0. The Hall–Kier alpha value is -2.43. The lowest BCUT2D eigenvalue weighted by molar-refractivity contribution is 0.319. The van der Waals surface area contributed by atoms with Crippen LogP contribution in [0, 0.1) is 11.2 Å². The van der Waals surface area contributed by atoms with Gasteiger partial charge >= 0.3 is 0 Å². The molecule has 5 heteroatoms. The van der Waals surface area contributed by atoms with Crippen molar-refractivity contribution in [3.8, 4) is 5.75 Å². The highest BCUT2D eigenvalue weighted by Gasteiger charge is 2.08. The van der Waals surface area contributed by atoms with Crippen molar-refractivity contribution < 1.29 is 9.13 Å². The zero-order valence-electron chi connectivity index (χ0n) is 10.3. The second kappa shape index (κ2) is 5.95. The second-order valence-electron chi connectivity index (χ2n) is 3.97. The Morgan fingerprint density at radius 3 is 2.84 bits per heavy atom. The van der Waals surface area contributed by atoms with Gasteiger partial charge in [-0.3, -0.25) is 10.4 Å². The summed E-state index contributed by atoms with van der Waals surface area (Å²) in [5.74, 6) is -0.251. The Bertz CT molecular complexity index is 572. The number of amidine groups is 1. The summed E-state index contributed by atoms with van der Waals surface area (Å²) in [6, 6.07) is 9.60. The molecular formula is C14H14FN3O. The molecule has 0 amide bonds. The summed E-state index contributed by atoms with van der Waals surface area (Å²) in [6.45, 7) is 0.392. The largest absolute Gasteiger partial charge is 0.492 e. The number of nitrogens with one attached hydrogen (secondary N) is 1. The van der Waals surface area contributed by atoms with Crippen molar-refractivity contribution in [1.82, 2.24) is 4.98 Å². The normalized spacial score (nSPS) is 10.2. The van der Waals surface area contributed by atoms with Crippen LogP contribution in [0.15, 0.2) is 42.6 Å². The van der Waals surface area contributed by atoms with E-state index in [4.69, 9.17) is 15.9 Å². The Kier molecular flexibility index (Phi) is 4.07. The van der Waals surface area contributed by atoms with Crippen molar-refractivity contribution in [2.75, 3.05) is 6.61 Å². The topological polar surface area (TPSA) is 72.0 Å². The highest BCUT2D eigenvalue weighted by Crippen LogP contribution is 2.19. The molecule has 0 unspecified atom stereocenters. The van der Waals surface area contributed by atoms with E-state index in [2.05, 4.69) is 4.98 Å². The third kappa shape index (κ3) is 3.51. The van der Waals surface area contributed by atoms with Gasteiger partial charge in [0.1, 0.15) is 17.4 Å². The Balaban J connectivity index is 2.02. The molecule has 2 rings (SSSR count). The molecule has 3 N–H and O–H groups in total. The van der Waals surface area contributed by atoms with E-state index in [1.54, 1.807) is 6.20 Å². The van der Waals surface area contributed by atoms with Crippen molar-refractivity contribution in [2.45, 2.75) is 6.42 Å². The maximum atomic E-state index is 13.1. The molecule has 0 aliphatic carbocycles. The van der Waals surface area contributed by atoms with Crippen LogP contribution in [-0.4, -0.2) is 17.4 Å². The molecule has 0 saturated carbocycles. The van der Waals surface area contributed by atoms with Gasteiger partial charge in [0.05, 0.1) is 12.2 Å².